The van der Waals surface area contributed by atoms with Crippen LogP contribution in [0.2, 0.25) is 0 Å². The Balaban J connectivity index is 1.75. The molecule has 0 bridgehead atoms. The van der Waals surface area contributed by atoms with Crippen molar-refractivity contribution in [2.75, 3.05) is 10.6 Å². The smallest absolute Gasteiger partial charge is 0.266 e. The summed E-state index contributed by atoms with van der Waals surface area (Å²) in [7, 11) is 0. The van der Waals surface area contributed by atoms with Crippen LogP contribution >= 0.6 is 11.3 Å². The van der Waals surface area contributed by atoms with E-state index in [0.717, 1.165) is 18.4 Å². The number of amides is 3. The number of para-hydroxylation sites is 1. The third kappa shape index (κ3) is 4.78. The summed E-state index contributed by atoms with van der Waals surface area (Å²) in [5.74, 6) is -0.590. The standard InChI is InChI=1S/C21H25N3O3S/c1-12-11-16(24-20(27)21(2,3)4)28-17(12)19(26)23-15-8-6-5-7-14(15)18(25)22-13-9-10-13/h5-8,11,13H,9-10H2,1-4H3,(H,22,25)(H,23,26)(H,24,27). The average Bonchev–Trinajstić information content (AvgIpc) is 3.35. The first-order valence-corrected chi connectivity index (χ1v) is 10.1. The molecule has 0 spiro atoms. The van der Waals surface area contributed by atoms with Crippen LogP contribution in [-0.2, 0) is 4.79 Å². The molecule has 3 N–H and O–H groups in total. The van der Waals surface area contributed by atoms with Crippen molar-refractivity contribution in [2.24, 2.45) is 5.41 Å². The third-order valence-corrected chi connectivity index (χ3v) is 5.53. The van der Waals surface area contributed by atoms with E-state index in [1.54, 1.807) is 30.3 Å². The van der Waals surface area contributed by atoms with Crippen LogP contribution in [0.4, 0.5) is 10.7 Å². The highest BCUT2D eigenvalue weighted by Crippen LogP contribution is 2.29. The van der Waals surface area contributed by atoms with Crippen molar-refractivity contribution < 1.29 is 14.4 Å². The Morgan fingerprint density at radius 2 is 1.71 bits per heavy atom. The molecule has 6 nitrogen and oxygen atoms in total. The number of carbonyl (C=O) groups excluding carboxylic acids is 3. The van der Waals surface area contributed by atoms with Crippen molar-refractivity contribution in [1.82, 2.24) is 5.32 Å². The van der Waals surface area contributed by atoms with Gasteiger partial charge in [0.1, 0.15) is 0 Å². The summed E-state index contributed by atoms with van der Waals surface area (Å²) in [6, 6.07) is 8.99. The number of hydrogen-bond donors (Lipinski definition) is 3. The van der Waals surface area contributed by atoms with Gasteiger partial charge >= 0.3 is 0 Å². The molecule has 0 radical (unpaired) electrons. The fourth-order valence-electron chi connectivity index (χ4n) is 2.53. The van der Waals surface area contributed by atoms with Gasteiger partial charge in [-0.25, -0.2) is 0 Å². The Morgan fingerprint density at radius 3 is 2.36 bits per heavy atom. The Morgan fingerprint density at radius 1 is 1.04 bits per heavy atom. The fourth-order valence-corrected chi connectivity index (χ4v) is 3.49. The van der Waals surface area contributed by atoms with Crippen LogP contribution in [-0.4, -0.2) is 23.8 Å². The minimum atomic E-state index is -0.520. The molecule has 1 fully saturated rings. The number of aryl methyl sites for hydroxylation is 1. The van der Waals surface area contributed by atoms with E-state index in [0.29, 0.717) is 21.1 Å². The molecule has 1 saturated carbocycles. The number of hydrogen-bond acceptors (Lipinski definition) is 4. The van der Waals surface area contributed by atoms with Gasteiger partial charge in [0.2, 0.25) is 5.91 Å². The zero-order chi connectivity index (χ0) is 20.5. The Labute approximate surface area is 168 Å². The van der Waals surface area contributed by atoms with E-state index in [-0.39, 0.29) is 23.8 Å². The van der Waals surface area contributed by atoms with Gasteiger partial charge in [-0.15, -0.1) is 11.3 Å². The van der Waals surface area contributed by atoms with Gasteiger partial charge in [-0.1, -0.05) is 32.9 Å². The molecule has 1 heterocycles. The molecule has 1 aromatic carbocycles. The van der Waals surface area contributed by atoms with Crippen LogP contribution < -0.4 is 16.0 Å². The Hall–Kier alpha value is -2.67. The topological polar surface area (TPSA) is 87.3 Å². The summed E-state index contributed by atoms with van der Waals surface area (Å²) < 4.78 is 0. The summed E-state index contributed by atoms with van der Waals surface area (Å²) in [6.07, 6.45) is 2.00. The van der Waals surface area contributed by atoms with Crippen molar-refractivity contribution in [3.05, 3.63) is 46.3 Å². The fraction of sp³-hybridized carbons (Fsp3) is 0.381. The molecule has 3 amide bonds. The zero-order valence-corrected chi connectivity index (χ0v) is 17.3. The minimum absolute atomic E-state index is 0.109. The van der Waals surface area contributed by atoms with E-state index in [2.05, 4.69) is 16.0 Å². The van der Waals surface area contributed by atoms with Gasteiger partial charge in [0, 0.05) is 11.5 Å². The highest BCUT2D eigenvalue weighted by molar-refractivity contribution is 7.18. The second-order valence-electron chi connectivity index (χ2n) is 8.07. The molecule has 1 aromatic heterocycles. The number of nitrogens with one attached hydrogen (secondary N) is 3. The van der Waals surface area contributed by atoms with Gasteiger partial charge in [0.25, 0.3) is 11.8 Å². The molecule has 1 aliphatic rings. The van der Waals surface area contributed by atoms with E-state index in [1.165, 1.54) is 11.3 Å². The summed E-state index contributed by atoms with van der Waals surface area (Å²) in [4.78, 5) is 37.9. The average molecular weight is 400 g/mol. The van der Waals surface area contributed by atoms with Gasteiger partial charge < -0.3 is 16.0 Å². The molecular weight excluding hydrogens is 374 g/mol. The van der Waals surface area contributed by atoms with Crippen LogP contribution in [0.5, 0.6) is 0 Å². The SMILES string of the molecule is Cc1cc(NC(=O)C(C)(C)C)sc1C(=O)Nc1ccccc1C(=O)NC1CC1. The molecule has 0 unspecified atom stereocenters. The summed E-state index contributed by atoms with van der Waals surface area (Å²) >= 11 is 1.22. The van der Waals surface area contributed by atoms with Gasteiger partial charge in [0.15, 0.2) is 0 Å². The van der Waals surface area contributed by atoms with Crippen molar-refractivity contribution in [2.45, 2.75) is 46.6 Å². The van der Waals surface area contributed by atoms with Gasteiger partial charge in [-0.3, -0.25) is 14.4 Å². The second-order valence-corrected chi connectivity index (χ2v) is 9.13. The Bertz CT molecular complexity index is 923. The van der Waals surface area contributed by atoms with E-state index in [1.807, 2.05) is 27.7 Å². The minimum Gasteiger partial charge on any atom is -0.349 e. The summed E-state index contributed by atoms with van der Waals surface area (Å²) in [6.45, 7) is 7.32. The maximum Gasteiger partial charge on any atom is 0.266 e. The molecule has 7 heteroatoms. The van der Waals surface area contributed by atoms with Crippen LogP contribution in [0.1, 0.15) is 59.2 Å². The first kappa shape index (κ1) is 20.1. The highest BCUT2D eigenvalue weighted by atomic mass is 32.1. The highest BCUT2D eigenvalue weighted by Gasteiger charge is 2.26. The first-order chi connectivity index (χ1) is 13.1. The van der Waals surface area contributed by atoms with Crippen molar-refractivity contribution in [3.8, 4) is 0 Å². The maximum atomic E-state index is 12.8. The third-order valence-electron chi connectivity index (χ3n) is 4.37. The monoisotopic (exact) mass is 399 g/mol. The number of carbonyl (C=O) groups is 3. The van der Waals surface area contributed by atoms with Crippen LogP contribution in [0, 0.1) is 12.3 Å². The molecule has 0 aliphatic heterocycles. The van der Waals surface area contributed by atoms with E-state index < -0.39 is 5.41 Å². The summed E-state index contributed by atoms with van der Waals surface area (Å²) in [5.41, 5.74) is 1.16. The predicted molar refractivity (Wildman–Crippen MR) is 112 cm³/mol. The van der Waals surface area contributed by atoms with E-state index in [9.17, 15) is 14.4 Å². The lowest BCUT2D eigenvalue weighted by Crippen LogP contribution is -2.27. The molecule has 28 heavy (non-hydrogen) atoms. The second kappa shape index (κ2) is 7.75. The predicted octanol–water partition coefficient (Wildman–Crippen LogP) is 4.19. The molecular formula is C21H25N3O3S. The van der Waals surface area contributed by atoms with Crippen molar-refractivity contribution in [3.63, 3.8) is 0 Å². The summed E-state index contributed by atoms with van der Waals surface area (Å²) in [5, 5.41) is 9.26. The van der Waals surface area contributed by atoms with Gasteiger partial charge in [0.05, 0.1) is 21.1 Å². The normalized spacial score (nSPS) is 13.7. The largest absolute Gasteiger partial charge is 0.349 e. The lowest BCUT2D eigenvalue weighted by atomic mass is 9.96. The lowest BCUT2D eigenvalue weighted by molar-refractivity contribution is -0.123. The molecule has 148 valence electrons. The number of benzene rings is 1. The quantitative estimate of drug-likeness (QED) is 0.705. The van der Waals surface area contributed by atoms with Crippen LogP contribution in [0.15, 0.2) is 30.3 Å². The lowest BCUT2D eigenvalue weighted by Gasteiger charge is -2.16. The Kier molecular flexibility index (Phi) is 5.56. The molecule has 0 atom stereocenters. The number of thiophene rings is 1. The van der Waals surface area contributed by atoms with E-state index in [4.69, 9.17) is 0 Å². The van der Waals surface area contributed by atoms with Crippen LogP contribution in [0.25, 0.3) is 0 Å². The molecule has 0 saturated heterocycles. The number of rotatable bonds is 5. The van der Waals surface area contributed by atoms with Gasteiger partial charge in [-0.2, -0.15) is 0 Å². The molecule has 2 aromatic rings. The van der Waals surface area contributed by atoms with Crippen LogP contribution in [0.3, 0.4) is 0 Å². The van der Waals surface area contributed by atoms with Crippen molar-refractivity contribution >= 4 is 39.7 Å². The molecule has 1 aliphatic carbocycles. The van der Waals surface area contributed by atoms with E-state index >= 15 is 0 Å². The molecule has 3 rings (SSSR count). The first-order valence-electron chi connectivity index (χ1n) is 9.28. The number of anilines is 2. The maximum absolute atomic E-state index is 12.8. The van der Waals surface area contributed by atoms with Gasteiger partial charge in [-0.05, 0) is 43.5 Å². The van der Waals surface area contributed by atoms with Crippen molar-refractivity contribution in [1.29, 1.82) is 0 Å². The zero-order valence-electron chi connectivity index (χ0n) is 16.5.